The van der Waals surface area contributed by atoms with Crippen molar-refractivity contribution in [3.05, 3.63) is 92.5 Å². The quantitative estimate of drug-likeness (QED) is 0.260. The van der Waals surface area contributed by atoms with Crippen molar-refractivity contribution >= 4 is 79.1 Å². The fraction of sp³-hybridized carbons (Fsp3) is 0. The molecule has 0 aliphatic carbocycles. The van der Waals surface area contributed by atoms with Crippen LogP contribution in [0.15, 0.2) is 65.1 Å². The Hall–Kier alpha value is -3.47. The number of anilines is 2. The van der Waals surface area contributed by atoms with Gasteiger partial charge in [-0.15, -0.1) is 0 Å². The maximum absolute atomic E-state index is 13.9. The van der Waals surface area contributed by atoms with Crippen LogP contribution in [-0.2, 0) is 9.59 Å². The third kappa shape index (κ3) is 5.45. The number of aromatic nitrogens is 1. The average molecular weight is 582 g/mol. The summed E-state index contributed by atoms with van der Waals surface area (Å²) in [6.45, 7) is 0. The molecular formula is C23H13BrCl2F2N4O3. The summed E-state index contributed by atoms with van der Waals surface area (Å²) in [5.74, 6) is -4.98. The van der Waals surface area contributed by atoms with Gasteiger partial charge in [0.25, 0.3) is 5.91 Å². The predicted octanol–water partition coefficient (Wildman–Crippen LogP) is 5.95. The van der Waals surface area contributed by atoms with E-state index in [0.717, 1.165) is 16.8 Å². The SMILES string of the molecule is O=C(Nc1ccc(F)cc1F)C(=O)Nn1c(C(=O)Nc2ccc(Cl)cc2Cl)cc2cc(Br)ccc21. The minimum atomic E-state index is -1.23. The van der Waals surface area contributed by atoms with Gasteiger partial charge in [-0.2, -0.15) is 0 Å². The van der Waals surface area contributed by atoms with Crippen molar-refractivity contribution in [1.82, 2.24) is 4.68 Å². The van der Waals surface area contributed by atoms with E-state index in [4.69, 9.17) is 23.2 Å². The third-order valence-electron chi connectivity index (χ3n) is 4.77. The van der Waals surface area contributed by atoms with E-state index in [0.29, 0.717) is 26.5 Å². The van der Waals surface area contributed by atoms with Gasteiger partial charge in [-0.25, -0.2) is 13.5 Å². The zero-order valence-electron chi connectivity index (χ0n) is 17.3. The lowest BCUT2D eigenvalue weighted by Gasteiger charge is -2.13. The van der Waals surface area contributed by atoms with Crippen LogP contribution in [0.5, 0.6) is 0 Å². The maximum Gasteiger partial charge on any atom is 0.328 e. The fourth-order valence-corrected chi connectivity index (χ4v) is 4.01. The van der Waals surface area contributed by atoms with Gasteiger partial charge in [-0.05, 0) is 54.6 Å². The number of carbonyl (C=O) groups is 3. The molecule has 0 atom stereocenters. The molecule has 0 aliphatic rings. The lowest BCUT2D eigenvalue weighted by atomic mass is 10.2. The summed E-state index contributed by atoms with van der Waals surface area (Å²) in [6.07, 6.45) is 0. The van der Waals surface area contributed by atoms with E-state index >= 15 is 0 Å². The van der Waals surface area contributed by atoms with Gasteiger partial charge in [-0.3, -0.25) is 19.8 Å². The summed E-state index contributed by atoms with van der Waals surface area (Å²) in [5.41, 5.74) is 2.59. The molecule has 1 heterocycles. The normalized spacial score (nSPS) is 10.8. The van der Waals surface area contributed by atoms with Crippen molar-refractivity contribution in [2.75, 3.05) is 16.1 Å². The van der Waals surface area contributed by atoms with Gasteiger partial charge in [0.05, 0.1) is 21.9 Å². The van der Waals surface area contributed by atoms with E-state index in [9.17, 15) is 23.2 Å². The van der Waals surface area contributed by atoms with E-state index in [1.54, 1.807) is 18.2 Å². The summed E-state index contributed by atoms with van der Waals surface area (Å²) in [6, 6.07) is 13.5. The first-order chi connectivity index (χ1) is 16.6. The highest BCUT2D eigenvalue weighted by Crippen LogP contribution is 2.27. The van der Waals surface area contributed by atoms with Crippen LogP contribution < -0.4 is 16.1 Å². The number of carbonyl (C=O) groups excluding carboxylic acids is 3. The van der Waals surface area contributed by atoms with Crippen LogP contribution in [0.1, 0.15) is 10.5 Å². The molecule has 0 saturated carbocycles. The van der Waals surface area contributed by atoms with Gasteiger partial charge < -0.3 is 10.6 Å². The second-order valence-electron chi connectivity index (χ2n) is 7.17. The Morgan fingerprint density at radius 2 is 1.57 bits per heavy atom. The van der Waals surface area contributed by atoms with Gasteiger partial charge in [0.15, 0.2) is 0 Å². The monoisotopic (exact) mass is 580 g/mol. The number of benzene rings is 3. The van der Waals surface area contributed by atoms with Gasteiger partial charge in [0.1, 0.15) is 17.3 Å². The highest BCUT2D eigenvalue weighted by atomic mass is 79.9. The first-order valence-corrected chi connectivity index (χ1v) is 11.3. The number of rotatable bonds is 4. The van der Waals surface area contributed by atoms with Crippen LogP contribution in [0.4, 0.5) is 20.2 Å². The maximum atomic E-state index is 13.9. The van der Waals surface area contributed by atoms with Gasteiger partial charge in [0, 0.05) is 20.9 Å². The molecule has 0 bridgehead atoms. The zero-order valence-corrected chi connectivity index (χ0v) is 20.4. The largest absolute Gasteiger partial charge is 0.328 e. The van der Waals surface area contributed by atoms with Crippen LogP contribution >= 0.6 is 39.1 Å². The van der Waals surface area contributed by atoms with Crippen LogP contribution in [0.25, 0.3) is 10.9 Å². The summed E-state index contributed by atoms with van der Waals surface area (Å²) in [7, 11) is 0. The van der Waals surface area contributed by atoms with E-state index in [1.165, 1.54) is 24.3 Å². The van der Waals surface area contributed by atoms with Gasteiger partial charge in [0.2, 0.25) is 0 Å². The first-order valence-electron chi connectivity index (χ1n) is 9.77. The lowest BCUT2D eigenvalue weighted by Crippen LogP contribution is -2.36. The molecule has 3 aromatic carbocycles. The molecule has 35 heavy (non-hydrogen) atoms. The number of hydrogen-bond donors (Lipinski definition) is 3. The second-order valence-corrected chi connectivity index (χ2v) is 8.92. The minimum Gasteiger partial charge on any atom is -0.319 e. The Morgan fingerprint density at radius 1 is 0.829 bits per heavy atom. The number of nitrogens with zero attached hydrogens (tertiary/aromatic N) is 1. The Morgan fingerprint density at radius 3 is 2.29 bits per heavy atom. The van der Waals surface area contributed by atoms with Crippen molar-refractivity contribution in [2.24, 2.45) is 0 Å². The number of nitrogens with one attached hydrogen (secondary N) is 3. The number of fused-ring (bicyclic) bond motifs is 1. The van der Waals surface area contributed by atoms with Crippen LogP contribution in [-0.4, -0.2) is 22.4 Å². The molecule has 0 aliphatic heterocycles. The standard InChI is InChI=1S/C23H13BrCl2F2N4O3/c24-12-1-6-19-11(7-12)8-20(21(33)29-17-4-2-13(25)9-15(17)26)32(19)31-23(35)22(34)30-18-5-3-14(27)10-16(18)28/h1-10H,(H,29,33)(H,30,34)(H,31,35). The zero-order chi connectivity index (χ0) is 25.3. The van der Waals surface area contributed by atoms with Crippen molar-refractivity contribution in [3.8, 4) is 0 Å². The molecule has 0 spiro atoms. The summed E-state index contributed by atoms with van der Waals surface area (Å²) >= 11 is 15.4. The lowest BCUT2D eigenvalue weighted by molar-refractivity contribution is -0.133. The molecule has 7 nitrogen and oxygen atoms in total. The van der Waals surface area contributed by atoms with Crippen LogP contribution in [0.3, 0.4) is 0 Å². The fourth-order valence-electron chi connectivity index (χ4n) is 3.17. The Bertz CT molecular complexity index is 1510. The number of hydrogen-bond acceptors (Lipinski definition) is 3. The second kappa shape index (κ2) is 10.0. The summed E-state index contributed by atoms with van der Waals surface area (Å²) < 4.78 is 28.8. The molecule has 4 rings (SSSR count). The molecule has 3 amide bonds. The molecule has 1 aromatic heterocycles. The average Bonchev–Trinajstić information content (AvgIpc) is 3.14. The Balaban J connectivity index is 1.64. The van der Waals surface area contributed by atoms with Crippen LogP contribution in [0, 0.1) is 11.6 Å². The van der Waals surface area contributed by atoms with Crippen molar-refractivity contribution in [2.45, 2.75) is 0 Å². The highest BCUT2D eigenvalue weighted by molar-refractivity contribution is 9.10. The molecule has 0 radical (unpaired) electrons. The van der Waals surface area contributed by atoms with Gasteiger partial charge >= 0.3 is 11.8 Å². The smallest absolute Gasteiger partial charge is 0.319 e. The van der Waals surface area contributed by atoms with E-state index in [-0.39, 0.29) is 22.1 Å². The van der Waals surface area contributed by atoms with Gasteiger partial charge in [-0.1, -0.05) is 39.1 Å². The molecular weight excluding hydrogens is 569 g/mol. The summed E-state index contributed by atoms with van der Waals surface area (Å²) in [4.78, 5) is 38.1. The number of amides is 3. The predicted molar refractivity (Wildman–Crippen MR) is 133 cm³/mol. The third-order valence-corrected chi connectivity index (χ3v) is 5.82. The Kier molecular flexibility index (Phi) is 7.06. The van der Waals surface area contributed by atoms with E-state index < -0.39 is 29.4 Å². The summed E-state index contributed by atoms with van der Waals surface area (Å²) in [5, 5.41) is 5.83. The molecule has 4 aromatic rings. The molecule has 0 saturated heterocycles. The topological polar surface area (TPSA) is 92.2 Å². The van der Waals surface area contributed by atoms with E-state index in [1.807, 2.05) is 0 Å². The minimum absolute atomic E-state index is 0.0294. The Labute approximate surface area is 215 Å². The molecule has 0 fully saturated rings. The highest BCUT2D eigenvalue weighted by Gasteiger charge is 2.22. The van der Waals surface area contributed by atoms with Crippen LogP contribution in [0.2, 0.25) is 10.0 Å². The number of halogens is 5. The van der Waals surface area contributed by atoms with Crippen molar-refractivity contribution in [3.63, 3.8) is 0 Å². The van der Waals surface area contributed by atoms with Crippen molar-refractivity contribution in [1.29, 1.82) is 0 Å². The first kappa shape index (κ1) is 24.6. The molecule has 0 unspecified atom stereocenters. The molecule has 178 valence electrons. The van der Waals surface area contributed by atoms with Crippen molar-refractivity contribution < 1.29 is 23.2 Å². The van der Waals surface area contributed by atoms with E-state index in [2.05, 4.69) is 32.0 Å². The molecule has 12 heteroatoms. The molecule has 3 N–H and O–H groups in total.